The summed E-state index contributed by atoms with van der Waals surface area (Å²) in [4.78, 5) is 17.6. The van der Waals surface area contributed by atoms with E-state index in [1.54, 1.807) is 17.1 Å². The van der Waals surface area contributed by atoms with Crippen molar-refractivity contribution in [1.29, 1.82) is 0 Å². The maximum Gasteiger partial charge on any atom is 0.348 e. The Labute approximate surface area is 112 Å². The highest BCUT2D eigenvalue weighted by molar-refractivity contribution is 6.31. The molecule has 0 aliphatic carbocycles. The Morgan fingerprint density at radius 3 is 3.00 bits per heavy atom. The lowest BCUT2D eigenvalue weighted by atomic mass is 10.4. The second-order valence-corrected chi connectivity index (χ2v) is 3.92. The van der Waals surface area contributed by atoms with Crippen molar-refractivity contribution in [2.24, 2.45) is 0 Å². The zero-order valence-corrected chi connectivity index (χ0v) is 10.5. The van der Waals surface area contributed by atoms with E-state index < -0.39 is 4.92 Å². The average molecular weight is 284 g/mol. The predicted octanol–water partition coefficient (Wildman–Crippen LogP) is 1.13. The molecule has 2 aromatic heterocycles. The Morgan fingerprint density at radius 1 is 1.47 bits per heavy atom. The van der Waals surface area contributed by atoms with E-state index in [-0.39, 0.29) is 16.7 Å². The highest BCUT2D eigenvalue weighted by Crippen LogP contribution is 2.27. The van der Waals surface area contributed by atoms with Crippen molar-refractivity contribution in [2.75, 3.05) is 11.9 Å². The molecule has 2 rings (SSSR count). The van der Waals surface area contributed by atoms with Gasteiger partial charge in [-0.1, -0.05) is 16.8 Å². The molecule has 19 heavy (non-hydrogen) atoms. The van der Waals surface area contributed by atoms with Crippen LogP contribution in [0.2, 0.25) is 5.15 Å². The fourth-order valence-electron chi connectivity index (χ4n) is 1.45. The summed E-state index contributed by atoms with van der Waals surface area (Å²) in [6.45, 7) is 1.15. The van der Waals surface area contributed by atoms with Gasteiger partial charge in [-0.25, -0.2) is 9.97 Å². The average Bonchev–Trinajstić information content (AvgIpc) is 2.87. The largest absolute Gasteiger partial charge is 0.364 e. The highest BCUT2D eigenvalue weighted by atomic mass is 35.5. The molecule has 0 radical (unpaired) electrons. The topological polar surface area (TPSA) is 112 Å². The lowest BCUT2D eigenvalue weighted by molar-refractivity contribution is -0.384. The maximum absolute atomic E-state index is 10.8. The Morgan fingerprint density at radius 2 is 2.32 bits per heavy atom. The molecule has 0 atom stereocenters. The minimum atomic E-state index is -0.609. The molecular weight excluding hydrogens is 274 g/mol. The van der Waals surface area contributed by atoms with Gasteiger partial charge < -0.3 is 5.32 Å². The molecule has 100 valence electrons. The van der Waals surface area contributed by atoms with E-state index in [0.29, 0.717) is 19.5 Å². The number of aromatic nitrogens is 5. The lowest BCUT2D eigenvalue weighted by Crippen LogP contribution is -2.10. The number of halogens is 1. The third-order valence-electron chi connectivity index (χ3n) is 2.29. The number of nitro groups is 1. The van der Waals surface area contributed by atoms with E-state index in [2.05, 4.69) is 25.6 Å². The number of hydrogen-bond acceptors (Lipinski definition) is 7. The van der Waals surface area contributed by atoms with Crippen LogP contribution in [-0.2, 0) is 6.54 Å². The van der Waals surface area contributed by atoms with Gasteiger partial charge in [-0.05, 0) is 6.42 Å². The van der Waals surface area contributed by atoms with Crippen molar-refractivity contribution < 1.29 is 4.92 Å². The van der Waals surface area contributed by atoms with E-state index in [1.165, 1.54) is 6.33 Å². The van der Waals surface area contributed by atoms with E-state index in [0.717, 1.165) is 0 Å². The Balaban J connectivity index is 1.92. The van der Waals surface area contributed by atoms with Crippen molar-refractivity contribution in [1.82, 2.24) is 25.0 Å². The van der Waals surface area contributed by atoms with Crippen molar-refractivity contribution in [3.05, 3.63) is 34.0 Å². The van der Waals surface area contributed by atoms with Crippen LogP contribution in [0.3, 0.4) is 0 Å². The van der Waals surface area contributed by atoms with Crippen molar-refractivity contribution in [3.8, 4) is 0 Å². The predicted molar refractivity (Wildman–Crippen MR) is 66.8 cm³/mol. The number of anilines is 1. The van der Waals surface area contributed by atoms with Gasteiger partial charge in [0.05, 0.1) is 11.1 Å². The fourth-order valence-corrected chi connectivity index (χ4v) is 1.65. The number of aryl methyl sites for hydroxylation is 1. The molecule has 1 N–H and O–H groups in total. The van der Waals surface area contributed by atoms with Gasteiger partial charge in [0.2, 0.25) is 11.0 Å². The quantitative estimate of drug-likeness (QED) is 0.366. The number of rotatable bonds is 6. The summed E-state index contributed by atoms with van der Waals surface area (Å²) >= 11 is 5.66. The first-order valence-corrected chi connectivity index (χ1v) is 5.79. The summed E-state index contributed by atoms with van der Waals surface area (Å²) in [5.41, 5.74) is -0.315. The Bertz CT molecular complexity index is 560. The monoisotopic (exact) mass is 283 g/mol. The van der Waals surface area contributed by atoms with Gasteiger partial charge in [-0.3, -0.25) is 14.8 Å². The van der Waals surface area contributed by atoms with Crippen LogP contribution in [-0.4, -0.2) is 36.4 Å². The van der Waals surface area contributed by atoms with Crippen molar-refractivity contribution in [2.45, 2.75) is 13.0 Å². The molecule has 2 heterocycles. The lowest BCUT2D eigenvalue weighted by Gasteiger charge is -2.06. The molecule has 0 amide bonds. The number of hydrogen-bond donors (Lipinski definition) is 1. The molecule has 0 saturated heterocycles. The highest BCUT2D eigenvalue weighted by Gasteiger charge is 2.20. The summed E-state index contributed by atoms with van der Waals surface area (Å²) in [5.74, 6) is 0.114. The molecule has 2 aromatic rings. The third kappa shape index (κ3) is 3.35. The summed E-state index contributed by atoms with van der Waals surface area (Å²) in [6.07, 6.45) is 5.21. The fraction of sp³-hybridized carbons (Fsp3) is 0.333. The second-order valence-electron chi connectivity index (χ2n) is 3.57. The molecule has 0 aromatic carbocycles. The van der Waals surface area contributed by atoms with Crippen molar-refractivity contribution in [3.63, 3.8) is 0 Å². The van der Waals surface area contributed by atoms with Crippen LogP contribution in [0, 0.1) is 10.1 Å². The summed E-state index contributed by atoms with van der Waals surface area (Å²) in [7, 11) is 0. The summed E-state index contributed by atoms with van der Waals surface area (Å²) in [5, 5.41) is 21.0. The van der Waals surface area contributed by atoms with Gasteiger partial charge in [0, 0.05) is 19.3 Å². The Hall–Kier alpha value is -2.29. The zero-order chi connectivity index (χ0) is 13.7. The first kappa shape index (κ1) is 13.1. The maximum atomic E-state index is 10.8. The van der Waals surface area contributed by atoms with Gasteiger partial charge in [0.15, 0.2) is 0 Å². The molecule has 0 bridgehead atoms. The van der Waals surface area contributed by atoms with Crippen LogP contribution in [0.5, 0.6) is 0 Å². The molecule has 10 heteroatoms. The molecule has 9 nitrogen and oxygen atoms in total. The second kappa shape index (κ2) is 6.05. The number of nitrogens with zero attached hydrogens (tertiary/aromatic N) is 6. The van der Waals surface area contributed by atoms with E-state index >= 15 is 0 Å². The van der Waals surface area contributed by atoms with E-state index in [1.807, 2.05) is 0 Å². The van der Waals surface area contributed by atoms with Crippen molar-refractivity contribution >= 4 is 23.1 Å². The first-order chi connectivity index (χ1) is 9.18. The minimum absolute atomic E-state index is 0.114. The van der Waals surface area contributed by atoms with Crippen LogP contribution >= 0.6 is 11.6 Å². The summed E-state index contributed by atoms with van der Waals surface area (Å²) < 4.78 is 1.67. The van der Waals surface area contributed by atoms with E-state index in [4.69, 9.17) is 11.6 Å². The first-order valence-electron chi connectivity index (χ1n) is 5.41. The molecule has 0 spiro atoms. The summed E-state index contributed by atoms with van der Waals surface area (Å²) in [6, 6.07) is 0. The van der Waals surface area contributed by atoms with E-state index in [9.17, 15) is 10.1 Å². The Kier molecular flexibility index (Phi) is 4.18. The van der Waals surface area contributed by atoms with Gasteiger partial charge in [0.25, 0.3) is 0 Å². The zero-order valence-electron chi connectivity index (χ0n) is 9.73. The molecule has 0 unspecified atom stereocenters. The third-order valence-corrected chi connectivity index (χ3v) is 2.57. The van der Waals surface area contributed by atoms with Crippen LogP contribution in [0.1, 0.15) is 6.42 Å². The molecule has 0 saturated carbocycles. The molecule has 0 fully saturated rings. The normalized spacial score (nSPS) is 10.4. The van der Waals surface area contributed by atoms with Gasteiger partial charge in [0.1, 0.15) is 6.33 Å². The number of nitrogens with one attached hydrogen (secondary N) is 1. The van der Waals surface area contributed by atoms with Crippen LogP contribution in [0.4, 0.5) is 11.5 Å². The molecule has 0 aliphatic heterocycles. The van der Waals surface area contributed by atoms with Gasteiger partial charge >= 0.3 is 5.69 Å². The van der Waals surface area contributed by atoms with Gasteiger partial charge in [-0.2, -0.15) is 0 Å². The minimum Gasteiger partial charge on any atom is -0.364 e. The molecule has 0 aliphatic rings. The van der Waals surface area contributed by atoms with Crippen LogP contribution in [0.25, 0.3) is 0 Å². The SMILES string of the molecule is O=[N+]([O-])c1c(Cl)ncnc1NCCCn1ccnn1. The van der Waals surface area contributed by atoms with Crippen LogP contribution in [0.15, 0.2) is 18.7 Å². The van der Waals surface area contributed by atoms with Crippen LogP contribution < -0.4 is 5.32 Å². The van der Waals surface area contributed by atoms with Gasteiger partial charge in [-0.15, -0.1) is 5.10 Å². The standard InChI is InChI=1S/C9H10ClN7O2/c10-8-7(17(18)19)9(13-6-12-8)11-2-1-4-16-5-3-14-15-16/h3,5-6H,1-2,4H2,(H,11,12,13). The smallest absolute Gasteiger partial charge is 0.348 e. The molecular formula is C9H10ClN7O2.